The first-order valence-electron chi connectivity index (χ1n) is 9.48. The van der Waals surface area contributed by atoms with Gasteiger partial charge in [-0.2, -0.15) is 5.10 Å². The number of H-pyrrole nitrogens is 1. The number of aromatic amines is 1. The van der Waals surface area contributed by atoms with Crippen LogP contribution in [0.1, 0.15) is 47.1 Å². The number of benzene rings is 2. The lowest BCUT2D eigenvalue weighted by molar-refractivity contribution is -0.115. The van der Waals surface area contributed by atoms with E-state index < -0.39 is 5.91 Å². The number of nitrogens with two attached hydrogens (primary N) is 1. The van der Waals surface area contributed by atoms with Gasteiger partial charge in [-0.3, -0.25) is 14.7 Å². The molecule has 1 heterocycles. The van der Waals surface area contributed by atoms with Crippen LogP contribution in [0.4, 0.5) is 5.69 Å². The molecule has 3 aromatic rings. The molecule has 0 saturated heterocycles. The average Bonchev–Trinajstić information content (AvgIpc) is 3.12. The molecular formula is C22H23ClN4O3. The number of nitrogens with one attached hydrogen (secondary N) is 2. The van der Waals surface area contributed by atoms with Gasteiger partial charge in [-0.1, -0.05) is 55.8 Å². The van der Waals surface area contributed by atoms with Gasteiger partial charge < -0.3 is 15.8 Å². The summed E-state index contributed by atoms with van der Waals surface area (Å²) in [6.45, 7) is 4.20. The van der Waals surface area contributed by atoms with Gasteiger partial charge >= 0.3 is 0 Å². The van der Waals surface area contributed by atoms with Crippen molar-refractivity contribution in [3.8, 4) is 5.75 Å². The van der Waals surface area contributed by atoms with Crippen molar-refractivity contribution in [1.82, 2.24) is 10.2 Å². The Morgan fingerprint density at radius 1 is 1.20 bits per heavy atom. The van der Waals surface area contributed by atoms with Crippen LogP contribution >= 0.6 is 11.6 Å². The molecule has 2 aromatic carbocycles. The molecule has 0 saturated carbocycles. The topological polar surface area (TPSA) is 110 Å². The molecule has 0 spiro atoms. The van der Waals surface area contributed by atoms with Crippen LogP contribution in [-0.2, 0) is 17.8 Å². The van der Waals surface area contributed by atoms with Gasteiger partial charge in [-0.15, -0.1) is 0 Å². The Morgan fingerprint density at radius 3 is 2.60 bits per heavy atom. The predicted molar refractivity (Wildman–Crippen MR) is 116 cm³/mol. The molecule has 8 heteroatoms. The van der Waals surface area contributed by atoms with Gasteiger partial charge in [0, 0.05) is 10.6 Å². The molecule has 0 aliphatic carbocycles. The predicted octanol–water partition coefficient (Wildman–Crippen LogP) is 4.05. The Labute approximate surface area is 179 Å². The Bertz CT molecular complexity index is 1050. The summed E-state index contributed by atoms with van der Waals surface area (Å²) >= 11 is 6.13. The highest BCUT2D eigenvalue weighted by atomic mass is 35.5. The van der Waals surface area contributed by atoms with E-state index in [1.807, 2.05) is 44.2 Å². The van der Waals surface area contributed by atoms with Crippen molar-refractivity contribution < 1.29 is 14.3 Å². The van der Waals surface area contributed by atoms with Crippen LogP contribution in [0.3, 0.4) is 0 Å². The Hall–Kier alpha value is -3.32. The zero-order valence-electron chi connectivity index (χ0n) is 16.7. The third-order valence-corrected chi connectivity index (χ3v) is 4.72. The number of ether oxygens (including phenoxy) is 1. The first kappa shape index (κ1) is 21.4. The molecule has 2 amide bonds. The third-order valence-electron chi connectivity index (χ3n) is 4.48. The number of rotatable bonds is 8. The minimum absolute atomic E-state index is 0.00121. The molecule has 0 radical (unpaired) electrons. The SMILES string of the molecule is CC(C)c1[nH]nc(C(N)=O)c1NC(=O)Cc1cc(Cl)ccc1OCc1ccccc1. The number of amides is 2. The van der Waals surface area contributed by atoms with Crippen molar-refractivity contribution in [3.05, 3.63) is 76.1 Å². The second-order valence-corrected chi connectivity index (χ2v) is 7.57. The van der Waals surface area contributed by atoms with E-state index in [0.717, 1.165) is 5.56 Å². The maximum atomic E-state index is 12.8. The molecular weight excluding hydrogens is 404 g/mol. The van der Waals surface area contributed by atoms with Crippen molar-refractivity contribution in [2.75, 3.05) is 5.32 Å². The second-order valence-electron chi connectivity index (χ2n) is 7.13. The first-order valence-corrected chi connectivity index (χ1v) is 9.86. The van der Waals surface area contributed by atoms with Crippen LogP contribution in [0.5, 0.6) is 5.75 Å². The highest BCUT2D eigenvalue weighted by Gasteiger charge is 2.22. The summed E-state index contributed by atoms with van der Waals surface area (Å²) in [6.07, 6.45) is 0.00556. The summed E-state index contributed by atoms with van der Waals surface area (Å²) in [6, 6.07) is 14.9. The lowest BCUT2D eigenvalue weighted by atomic mass is 10.1. The van der Waals surface area contributed by atoms with Gasteiger partial charge in [-0.25, -0.2) is 0 Å². The van der Waals surface area contributed by atoms with E-state index in [0.29, 0.717) is 34.3 Å². The molecule has 0 fully saturated rings. The summed E-state index contributed by atoms with van der Waals surface area (Å²) in [5, 5.41) is 9.96. The van der Waals surface area contributed by atoms with E-state index >= 15 is 0 Å². The summed E-state index contributed by atoms with van der Waals surface area (Å²) in [7, 11) is 0. The fraction of sp³-hybridized carbons (Fsp3) is 0.227. The van der Waals surface area contributed by atoms with Crippen LogP contribution in [0.2, 0.25) is 5.02 Å². The van der Waals surface area contributed by atoms with Crippen molar-refractivity contribution >= 4 is 29.1 Å². The van der Waals surface area contributed by atoms with Crippen LogP contribution in [0.15, 0.2) is 48.5 Å². The summed E-state index contributed by atoms with van der Waals surface area (Å²) in [4.78, 5) is 24.4. The molecule has 0 unspecified atom stereocenters. The highest BCUT2D eigenvalue weighted by molar-refractivity contribution is 6.30. The van der Waals surface area contributed by atoms with Gasteiger partial charge in [0.1, 0.15) is 12.4 Å². The van der Waals surface area contributed by atoms with E-state index in [1.165, 1.54) is 0 Å². The van der Waals surface area contributed by atoms with Crippen molar-refractivity contribution in [2.24, 2.45) is 5.73 Å². The van der Waals surface area contributed by atoms with E-state index in [-0.39, 0.29) is 23.9 Å². The molecule has 156 valence electrons. The zero-order valence-corrected chi connectivity index (χ0v) is 17.5. The van der Waals surface area contributed by atoms with Gasteiger partial charge in [-0.05, 0) is 29.7 Å². The monoisotopic (exact) mass is 426 g/mol. The second kappa shape index (κ2) is 9.45. The maximum Gasteiger partial charge on any atom is 0.271 e. The Balaban J connectivity index is 1.78. The number of carbonyl (C=O) groups is 2. The lowest BCUT2D eigenvalue weighted by Gasteiger charge is -2.13. The fourth-order valence-electron chi connectivity index (χ4n) is 3.00. The largest absolute Gasteiger partial charge is 0.489 e. The molecule has 4 N–H and O–H groups in total. The van der Waals surface area contributed by atoms with Crippen LogP contribution in [0.25, 0.3) is 0 Å². The van der Waals surface area contributed by atoms with E-state index in [9.17, 15) is 9.59 Å². The lowest BCUT2D eigenvalue weighted by Crippen LogP contribution is -2.20. The van der Waals surface area contributed by atoms with E-state index in [2.05, 4.69) is 15.5 Å². The molecule has 3 rings (SSSR count). The van der Waals surface area contributed by atoms with E-state index in [1.54, 1.807) is 18.2 Å². The van der Waals surface area contributed by atoms with Crippen LogP contribution in [0, 0.1) is 0 Å². The molecule has 1 aromatic heterocycles. The molecule has 7 nitrogen and oxygen atoms in total. The number of hydrogen-bond acceptors (Lipinski definition) is 4. The maximum absolute atomic E-state index is 12.8. The number of aromatic nitrogens is 2. The molecule has 0 aliphatic rings. The zero-order chi connectivity index (χ0) is 21.7. The van der Waals surface area contributed by atoms with Crippen LogP contribution in [-0.4, -0.2) is 22.0 Å². The molecule has 0 bridgehead atoms. The fourth-order valence-corrected chi connectivity index (χ4v) is 3.19. The number of halogens is 1. The van der Waals surface area contributed by atoms with Gasteiger partial charge in [0.2, 0.25) is 5.91 Å². The number of hydrogen-bond donors (Lipinski definition) is 3. The summed E-state index contributed by atoms with van der Waals surface area (Å²) in [5.41, 5.74) is 7.95. The van der Waals surface area contributed by atoms with Crippen molar-refractivity contribution in [1.29, 1.82) is 0 Å². The average molecular weight is 427 g/mol. The summed E-state index contributed by atoms with van der Waals surface area (Å²) < 4.78 is 5.91. The Kier molecular flexibility index (Phi) is 6.74. The quantitative estimate of drug-likeness (QED) is 0.504. The highest BCUT2D eigenvalue weighted by Crippen LogP contribution is 2.27. The first-order chi connectivity index (χ1) is 14.3. The molecule has 0 aliphatic heterocycles. The Morgan fingerprint density at radius 2 is 1.93 bits per heavy atom. The van der Waals surface area contributed by atoms with Crippen LogP contribution < -0.4 is 15.8 Å². The van der Waals surface area contributed by atoms with Crippen molar-refractivity contribution in [2.45, 2.75) is 32.8 Å². The smallest absolute Gasteiger partial charge is 0.271 e. The number of anilines is 1. The number of nitrogens with zero attached hydrogens (tertiary/aromatic N) is 1. The van der Waals surface area contributed by atoms with Gasteiger partial charge in [0.15, 0.2) is 5.69 Å². The van der Waals surface area contributed by atoms with E-state index in [4.69, 9.17) is 22.1 Å². The standard InChI is InChI=1S/C22H23ClN4O3/c1-13(2)19-20(21(22(24)29)27-26-19)25-18(28)11-15-10-16(23)8-9-17(15)30-12-14-6-4-3-5-7-14/h3-10,13H,11-12H2,1-2H3,(H2,24,29)(H,25,28)(H,26,27). The van der Waals surface area contributed by atoms with Gasteiger partial charge in [0.05, 0.1) is 17.8 Å². The molecule has 0 atom stereocenters. The minimum atomic E-state index is -0.719. The van der Waals surface area contributed by atoms with Crippen molar-refractivity contribution in [3.63, 3.8) is 0 Å². The summed E-state index contributed by atoms with van der Waals surface area (Å²) in [5.74, 6) is -0.489. The number of primary amides is 1. The normalized spacial score (nSPS) is 10.8. The minimum Gasteiger partial charge on any atom is -0.489 e. The number of carbonyl (C=O) groups excluding carboxylic acids is 2. The molecule has 30 heavy (non-hydrogen) atoms. The van der Waals surface area contributed by atoms with Gasteiger partial charge in [0.25, 0.3) is 5.91 Å². The third kappa shape index (κ3) is 5.18.